The van der Waals surface area contributed by atoms with Crippen molar-refractivity contribution in [2.24, 2.45) is 0 Å². The van der Waals surface area contributed by atoms with Crippen molar-refractivity contribution in [1.29, 1.82) is 0 Å². The third kappa shape index (κ3) is 3.59. The van der Waals surface area contributed by atoms with E-state index in [9.17, 15) is 13.2 Å². The molecule has 1 saturated carbocycles. The summed E-state index contributed by atoms with van der Waals surface area (Å²) in [5, 5.41) is 12.3. The summed E-state index contributed by atoms with van der Waals surface area (Å²) in [4.78, 5) is 13.6. The van der Waals surface area contributed by atoms with Crippen LogP contribution in [0.5, 0.6) is 0 Å². The maximum absolute atomic E-state index is 13.0. The molecule has 8 nitrogen and oxygen atoms in total. The number of hydrogen-bond acceptors (Lipinski definition) is 6. The van der Waals surface area contributed by atoms with Gasteiger partial charge in [0.05, 0.1) is 5.56 Å². The van der Waals surface area contributed by atoms with Crippen molar-refractivity contribution in [3.63, 3.8) is 0 Å². The summed E-state index contributed by atoms with van der Waals surface area (Å²) in [5.74, 6) is 3.83. The minimum Gasteiger partial charge on any atom is -0.364 e. The standard InChI is InChI=1S/C23H23F3N8/c1-2-33-20(13-5-7-15(8-6-13)23(24,25)26)30-18-19(27-12-28-22(18)33)29-16-9-10-17-31-32-21(14-3-4-14)34(17)11-16/h5-8,12,14,16H,2-4,9-11H2,1H3,(H,27,28,29). The number of benzene rings is 1. The van der Waals surface area contributed by atoms with Crippen LogP contribution < -0.4 is 5.32 Å². The zero-order valence-electron chi connectivity index (χ0n) is 18.5. The van der Waals surface area contributed by atoms with Gasteiger partial charge in [0.1, 0.15) is 23.8 Å². The first-order chi connectivity index (χ1) is 16.4. The monoisotopic (exact) mass is 468 g/mol. The van der Waals surface area contributed by atoms with Crippen LogP contribution in [0.4, 0.5) is 19.0 Å². The van der Waals surface area contributed by atoms with Gasteiger partial charge in [-0.1, -0.05) is 12.1 Å². The number of anilines is 1. The number of imidazole rings is 1. The predicted octanol–water partition coefficient (Wildman–Crippen LogP) is 4.43. The molecule has 1 atom stereocenters. The molecule has 1 aliphatic heterocycles. The van der Waals surface area contributed by atoms with Gasteiger partial charge in [-0.05, 0) is 38.3 Å². The molecular formula is C23H23F3N8. The molecule has 1 aromatic carbocycles. The number of halogens is 3. The molecular weight excluding hydrogens is 445 g/mol. The molecule has 1 aliphatic carbocycles. The number of rotatable bonds is 5. The highest BCUT2D eigenvalue weighted by atomic mass is 19.4. The minimum absolute atomic E-state index is 0.139. The fourth-order valence-corrected chi connectivity index (χ4v) is 4.67. The quantitative estimate of drug-likeness (QED) is 0.467. The van der Waals surface area contributed by atoms with Crippen molar-refractivity contribution in [2.45, 2.75) is 63.8 Å². The molecule has 1 unspecified atom stereocenters. The van der Waals surface area contributed by atoms with E-state index in [1.165, 1.54) is 31.3 Å². The fourth-order valence-electron chi connectivity index (χ4n) is 4.67. The Kier molecular flexibility index (Phi) is 4.82. The molecule has 3 aromatic heterocycles. The van der Waals surface area contributed by atoms with Gasteiger partial charge >= 0.3 is 6.18 Å². The summed E-state index contributed by atoms with van der Waals surface area (Å²) in [7, 11) is 0. The summed E-state index contributed by atoms with van der Waals surface area (Å²) < 4.78 is 43.1. The Labute approximate surface area is 193 Å². The number of fused-ring (bicyclic) bond motifs is 2. The average molecular weight is 468 g/mol. The second-order valence-corrected chi connectivity index (χ2v) is 8.89. The van der Waals surface area contributed by atoms with Crippen LogP contribution in [0.15, 0.2) is 30.6 Å². The molecule has 2 aliphatic rings. The van der Waals surface area contributed by atoms with Gasteiger partial charge in [-0.3, -0.25) is 0 Å². The van der Waals surface area contributed by atoms with Crippen molar-refractivity contribution >= 4 is 17.0 Å². The molecule has 0 saturated heterocycles. The van der Waals surface area contributed by atoms with Crippen molar-refractivity contribution < 1.29 is 13.2 Å². The van der Waals surface area contributed by atoms with E-state index in [1.54, 1.807) is 0 Å². The number of hydrogen-bond donors (Lipinski definition) is 1. The number of alkyl halides is 3. The highest BCUT2D eigenvalue weighted by Gasteiger charge is 2.33. The Hall–Kier alpha value is -3.50. The Bertz CT molecular complexity index is 1350. The van der Waals surface area contributed by atoms with Gasteiger partial charge in [0.2, 0.25) is 0 Å². The zero-order valence-corrected chi connectivity index (χ0v) is 18.5. The first-order valence-corrected chi connectivity index (χ1v) is 11.5. The van der Waals surface area contributed by atoms with E-state index in [-0.39, 0.29) is 6.04 Å². The molecule has 0 spiro atoms. The lowest BCUT2D eigenvalue weighted by molar-refractivity contribution is -0.137. The molecule has 0 bridgehead atoms. The van der Waals surface area contributed by atoms with E-state index in [0.29, 0.717) is 40.8 Å². The van der Waals surface area contributed by atoms with Crippen molar-refractivity contribution in [2.75, 3.05) is 5.32 Å². The SMILES string of the molecule is CCn1c(-c2ccc(C(F)(F)F)cc2)nc2c(NC3CCc4nnc(C5CC5)n4C3)ncnc21. The fraction of sp³-hybridized carbons (Fsp3) is 0.435. The number of aromatic nitrogens is 7. The Morgan fingerprint density at radius 1 is 1.06 bits per heavy atom. The summed E-state index contributed by atoms with van der Waals surface area (Å²) in [5.41, 5.74) is 1.17. The van der Waals surface area contributed by atoms with E-state index in [0.717, 1.165) is 43.2 Å². The summed E-state index contributed by atoms with van der Waals surface area (Å²) in [6.45, 7) is 3.29. The number of nitrogens with zero attached hydrogens (tertiary/aromatic N) is 7. The van der Waals surface area contributed by atoms with Crippen LogP contribution in [0.3, 0.4) is 0 Å². The van der Waals surface area contributed by atoms with Gasteiger partial charge < -0.3 is 14.5 Å². The van der Waals surface area contributed by atoms with Gasteiger partial charge in [-0.25, -0.2) is 15.0 Å². The molecule has 11 heteroatoms. The van der Waals surface area contributed by atoms with Crippen LogP contribution in [0.2, 0.25) is 0 Å². The molecule has 1 fully saturated rings. The number of nitrogens with one attached hydrogen (secondary N) is 1. The number of aryl methyl sites for hydroxylation is 2. The largest absolute Gasteiger partial charge is 0.416 e. The summed E-state index contributed by atoms with van der Waals surface area (Å²) in [6.07, 6.45) is 1.20. The van der Waals surface area contributed by atoms with E-state index < -0.39 is 11.7 Å². The molecule has 4 aromatic rings. The summed E-state index contributed by atoms with van der Waals surface area (Å²) in [6, 6.07) is 5.20. The first-order valence-electron chi connectivity index (χ1n) is 11.5. The van der Waals surface area contributed by atoms with Gasteiger partial charge in [0.15, 0.2) is 17.0 Å². The zero-order chi connectivity index (χ0) is 23.4. The predicted molar refractivity (Wildman–Crippen MR) is 119 cm³/mol. The maximum atomic E-state index is 13.0. The van der Waals surface area contributed by atoms with Crippen molar-refractivity contribution in [3.8, 4) is 11.4 Å². The topological polar surface area (TPSA) is 86.3 Å². The van der Waals surface area contributed by atoms with Gasteiger partial charge in [-0.2, -0.15) is 13.2 Å². The second kappa shape index (κ2) is 7.78. The third-order valence-electron chi connectivity index (χ3n) is 6.58. The van der Waals surface area contributed by atoms with Crippen LogP contribution in [-0.2, 0) is 25.7 Å². The highest BCUT2D eigenvalue weighted by Crippen LogP contribution is 2.40. The van der Waals surface area contributed by atoms with Crippen LogP contribution in [-0.4, -0.2) is 40.3 Å². The third-order valence-corrected chi connectivity index (χ3v) is 6.58. The molecule has 6 rings (SSSR count). The van der Waals surface area contributed by atoms with E-state index in [4.69, 9.17) is 4.98 Å². The van der Waals surface area contributed by atoms with Crippen molar-refractivity contribution in [1.82, 2.24) is 34.3 Å². The highest BCUT2D eigenvalue weighted by molar-refractivity contribution is 5.86. The van der Waals surface area contributed by atoms with E-state index in [1.807, 2.05) is 11.5 Å². The normalized spacial score (nSPS) is 18.3. The average Bonchev–Trinajstić information content (AvgIpc) is 3.46. The van der Waals surface area contributed by atoms with Gasteiger partial charge in [-0.15, -0.1) is 10.2 Å². The lowest BCUT2D eigenvalue weighted by atomic mass is 10.1. The van der Waals surface area contributed by atoms with Crippen LogP contribution in [0, 0.1) is 0 Å². The molecule has 34 heavy (non-hydrogen) atoms. The lowest BCUT2D eigenvalue weighted by Gasteiger charge is -2.25. The lowest BCUT2D eigenvalue weighted by Crippen LogP contribution is -2.32. The molecule has 0 radical (unpaired) electrons. The van der Waals surface area contributed by atoms with Gasteiger partial charge in [0.25, 0.3) is 0 Å². The maximum Gasteiger partial charge on any atom is 0.416 e. The molecule has 176 valence electrons. The van der Waals surface area contributed by atoms with Gasteiger partial charge in [0, 0.05) is 37.0 Å². The van der Waals surface area contributed by atoms with Crippen LogP contribution in [0.25, 0.3) is 22.6 Å². The van der Waals surface area contributed by atoms with Crippen LogP contribution >= 0.6 is 0 Å². The molecule has 1 N–H and O–H groups in total. The van der Waals surface area contributed by atoms with E-state index >= 15 is 0 Å². The molecule has 4 heterocycles. The minimum atomic E-state index is -4.38. The smallest absolute Gasteiger partial charge is 0.364 e. The summed E-state index contributed by atoms with van der Waals surface area (Å²) >= 11 is 0. The second-order valence-electron chi connectivity index (χ2n) is 8.89. The Morgan fingerprint density at radius 2 is 1.85 bits per heavy atom. The first kappa shape index (κ1) is 21.1. The van der Waals surface area contributed by atoms with E-state index in [2.05, 4.69) is 30.0 Å². The van der Waals surface area contributed by atoms with Crippen LogP contribution in [0.1, 0.15) is 49.3 Å². The Morgan fingerprint density at radius 3 is 2.56 bits per heavy atom. The Balaban J connectivity index is 1.32. The van der Waals surface area contributed by atoms with Crippen molar-refractivity contribution in [3.05, 3.63) is 47.8 Å². The molecule has 0 amide bonds.